The zero-order valence-corrected chi connectivity index (χ0v) is 28.9. The van der Waals surface area contributed by atoms with E-state index in [0.29, 0.717) is 18.7 Å². The SMILES string of the molecule is CCN(c1cc(-c2ccc(CN3CCOCC3)cc2)cc(C(=O)NCC2C(=O)NC(C)CC2C)c1C)C1CCN(S(C)(=O)=O)CC1. The highest BCUT2D eigenvalue weighted by Crippen LogP contribution is 2.34. The van der Waals surface area contributed by atoms with Crippen LogP contribution in [0.4, 0.5) is 5.69 Å². The highest BCUT2D eigenvalue weighted by Gasteiger charge is 2.33. The molecule has 46 heavy (non-hydrogen) atoms. The fourth-order valence-corrected chi connectivity index (χ4v) is 8.19. The topological polar surface area (TPSA) is 111 Å². The molecule has 2 N–H and O–H groups in total. The molecule has 3 unspecified atom stereocenters. The van der Waals surface area contributed by atoms with Crippen LogP contribution in [0, 0.1) is 18.8 Å². The molecule has 0 aliphatic carbocycles. The van der Waals surface area contributed by atoms with E-state index in [1.54, 1.807) is 4.31 Å². The first-order chi connectivity index (χ1) is 21.9. The Kier molecular flexibility index (Phi) is 11.1. The van der Waals surface area contributed by atoms with Crippen LogP contribution in [-0.4, -0.2) is 100 Å². The third-order valence-corrected chi connectivity index (χ3v) is 11.3. The average molecular weight is 654 g/mol. The van der Waals surface area contributed by atoms with E-state index in [1.807, 2.05) is 19.9 Å². The number of carbonyl (C=O) groups is 2. The number of rotatable bonds is 10. The van der Waals surface area contributed by atoms with Crippen molar-refractivity contribution in [3.05, 3.63) is 53.1 Å². The van der Waals surface area contributed by atoms with Crippen LogP contribution < -0.4 is 15.5 Å². The standard InChI is InChI=1S/C35H51N5O5S/c1-6-40(30-11-13-39(14-12-30)46(5,43)44)33-21-29(28-9-7-27(8-10-28)23-38-15-17-45-18-16-38)20-31(26(33)4)34(41)36-22-32-24(2)19-25(3)37-35(32)42/h7-10,20-21,24-25,30,32H,6,11-19,22-23H2,1-5H3,(H,36,41)(H,37,42). The molecule has 3 atom stereocenters. The second-order valence-corrected chi connectivity index (χ2v) is 15.4. The van der Waals surface area contributed by atoms with Crippen molar-refractivity contribution in [2.45, 2.75) is 65.6 Å². The number of nitrogens with one attached hydrogen (secondary N) is 2. The Balaban J connectivity index is 1.43. The molecule has 2 amide bonds. The quantitative estimate of drug-likeness (QED) is 0.403. The van der Waals surface area contributed by atoms with Gasteiger partial charge in [-0.3, -0.25) is 14.5 Å². The normalized spacial score (nSPS) is 23.6. The lowest BCUT2D eigenvalue weighted by Crippen LogP contribution is -2.50. The van der Waals surface area contributed by atoms with Crippen LogP contribution in [0.15, 0.2) is 36.4 Å². The third kappa shape index (κ3) is 8.10. The van der Waals surface area contributed by atoms with Crippen LogP contribution in [0.5, 0.6) is 0 Å². The maximum absolute atomic E-state index is 13.9. The summed E-state index contributed by atoms with van der Waals surface area (Å²) < 4.78 is 31.4. The van der Waals surface area contributed by atoms with Gasteiger partial charge in [0.25, 0.3) is 5.91 Å². The van der Waals surface area contributed by atoms with Gasteiger partial charge in [-0.25, -0.2) is 12.7 Å². The molecule has 0 spiro atoms. The molecule has 3 fully saturated rings. The molecule has 0 saturated carbocycles. The molecular weight excluding hydrogens is 602 g/mol. The molecule has 3 aliphatic heterocycles. The van der Waals surface area contributed by atoms with Gasteiger partial charge in [0.05, 0.1) is 25.4 Å². The Hall–Kier alpha value is -2.99. The first-order valence-corrected chi connectivity index (χ1v) is 18.6. The number of amides is 2. The number of benzene rings is 2. The van der Waals surface area contributed by atoms with Crippen molar-refractivity contribution < 1.29 is 22.7 Å². The fraction of sp³-hybridized carbons (Fsp3) is 0.600. The zero-order valence-electron chi connectivity index (χ0n) is 28.0. The Labute approximate surface area is 274 Å². The first kappa shape index (κ1) is 34.3. The van der Waals surface area contributed by atoms with Gasteiger partial charge < -0.3 is 20.3 Å². The molecule has 0 aromatic heterocycles. The summed E-state index contributed by atoms with van der Waals surface area (Å²) >= 11 is 0. The van der Waals surface area contributed by atoms with Gasteiger partial charge >= 0.3 is 0 Å². The summed E-state index contributed by atoms with van der Waals surface area (Å²) in [4.78, 5) is 31.4. The predicted molar refractivity (Wildman–Crippen MR) is 182 cm³/mol. The molecule has 252 valence electrons. The third-order valence-electron chi connectivity index (χ3n) is 10.0. The maximum atomic E-state index is 13.9. The first-order valence-electron chi connectivity index (χ1n) is 16.8. The Morgan fingerprint density at radius 1 is 1.04 bits per heavy atom. The molecule has 0 bridgehead atoms. The van der Waals surface area contributed by atoms with E-state index in [0.717, 1.165) is 81.0 Å². The highest BCUT2D eigenvalue weighted by molar-refractivity contribution is 7.88. The molecule has 11 heteroatoms. The Morgan fingerprint density at radius 3 is 2.33 bits per heavy atom. The van der Waals surface area contributed by atoms with Crippen LogP contribution in [0.1, 0.15) is 61.5 Å². The lowest BCUT2D eigenvalue weighted by molar-refractivity contribution is -0.129. The van der Waals surface area contributed by atoms with E-state index in [2.05, 4.69) is 64.6 Å². The minimum Gasteiger partial charge on any atom is -0.379 e. The number of carbonyl (C=O) groups excluding carboxylic acids is 2. The number of nitrogens with zero attached hydrogens (tertiary/aromatic N) is 3. The van der Waals surface area contributed by atoms with Crippen molar-refractivity contribution in [2.24, 2.45) is 11.8 Å². The van der Waals surface area contributed by atoms with E-state index in [-0.39, 0.29) is 42.3 Å². The van der Waals surface area contributed by atoms with Crippen molar-refractivity contribution >= 4 is 27.5 Å². The summed E-state index contributed by atoms with van der Waals surface area (Å²) in [5.41, 5.74) is 5.67. The summed E-state index contributed by atoms with van der Waals surface area (Å²) in [6.45, 7) is 14.4. The van der Waals surface area contributed by atoms with Crippen LogP contribution in [0.25, 0.3) is 11.1 Å². The molecule has 3 aliphatic rings. The van der Waals surface area contributed by atoms with Crippen molar-refractivity contribution in [2.75, 3.05) is 63.6 Å². The molecular formula is C35H51N5O5S. The summed E-state index contributed by atoms with van der Waals surface area (Å²) in [5.74, 6) is -0.288. The summed E-state index contributed by atoms with van der Waals surface area (Å²) in [6, 6.07) is 13.0. The molecule has 3 heterocycles. The van der Waals surface area contributed by atoms with E-state index < -0.39 is 10.0 Å². The van der Waals surface area contributed by atoms with Gasteiger partial charge in [-0.05, 0) is 80.3 Å². The second-order valence-electron chi connectivity index (χ2n) is 13.4. The van der Waals surface area contributed by atoms with E-state index in [4.69, 9.17) is 4.74 Å². The lowest BCUT2D eigenvalue weighted by Gasteiger charge is -2.39. The van der Waals surface area contributed by atoms with Crippen LogP contribution in [0.2, 0.25) is 0 Å². The zero-order chi connectivity index (χ0) is 33.0. The van der Waals surface area contributed by atoms with E-state index >= 15 is 0 Å². The van der Waals surface area contributed by atoms with E-state index in [9.17, 15) is 18.0 Å². The van der Waals surface area contributed by atoms with Crippen molar-refractivity contribution in [1.82, 2.24) is 19.8 Å². The van der Waals surface area contributed by atoms with E-state index in [1.165, 1.54) is 11.8 Å². The smallest absolute Gasteiger partial charge is 0.251 e. The molecule has 5 rings (SSSR count). The Morgan fingerprint density at radius 2 is 1.72 bits per heavy atom. The molecule has 2 aromatic carbocycles. The summed E-state index contributed by atoms with van der Waals surface area (Å²) in [5, 5.41) is 6.13. The van der Waals surface area contributed by atoms with Crippen molar-refractivity contribution in [3.63, 3.8) is 0 Å². The van der Waals surface area contributed by atoms with Gasteiger partial charge in [0, 0.05) is 69.1 Å². The minimum absolute atomic E-state index is 0.00697. The highest BCUT2D eigenvalue weighted by atomic mass is 32.2. The number of sulfonamides is 1. The number of ether oxygens (including phenoxy) is 1. The van der Waals surface area contributed by atoms with Gasteiger partial charge in [-0.15, -0.1) is 0 Å². The van der Waals surface area contributed by atoms with Gasteiger partial charge in [0.15, 0.2) is 0 Å². The largest absolute Gasteiger partial charge is 0.379 e. The second kappa shape index (κ2) is 14.8. The number of piperidine rings is 2. The molecule has 10 nitrogen and oxygen atoms in total. The van der Waals surface area contributed by atoms with Crippen LogP contribution in [0.3, 0.4) is 0 Å². The predicted octanol–water partition coefficient (Wildman–Crippen LogP) is 3.64. The lowest BCUT2D eigenvalue weighted by atomic mass is 9.84. The summed E-state index contributed by atoms with van der Waals surface area (Å²) in [6.07, 6.45) is 3.59. The average Bonchev–Trinajstić information content (AvgIpc) is 3.02. The van der Waals surface area contributed by atoms with Crippen molar-refractivity contribution in [3.8, 4) is 11.1 Å². The van der Waals surface area contributed by atoms with Gasteiger partial charge in [-0.2, -0.15) is 0 Å². The minimum atomic E-state index is -3.23. The number of anilines is 1. The number of hydrogen-bond acceptors (Lipinski definition) is 7. The van der Waals surface area contributed by atoms with Gasteiger partial charge in [0.1, 0.15) is 0 Å². The fourth-order valence-electron chi connectivity index (χ4n) is 7.31. The monoisotopic (exact) mass is 653 g/mol. The number of morpholine rings is 1. The molecule has 0 radical (unpaired) electrons. The molecule has 2 aromatic rings. The van der Waals surface area contributed by atoms with Gasteiger partial charge in [-0.1, -0.05) is 31.2 Å². The Bertz CT molecular complexity index is 1480. The van der Waals surface area contributed by atoms with Gasteiger partial charge in [0.2, 0.25) is 15.9 Å². The van der Waals surface area contributed by atoms with Crippen molar-refractivity contribution in [1.29, 1.82) is 0 Å². The number of hydrogen-bond donors (Lipinski definition) is 2. The maximum Gasteiger partial charge on any atom is 0.251 e. The summed E-state index contributed by atoms with van der Waals surface area (Å²) in [7, 11) is -3.23. The van der Waals surface area contributed by atoms with Crippen LogP contribution in [-0.2, 0) is 26.1 Å². The molecule has 3 saturated heterocycles. The van der Waals surface area contributed by atoms with Crippen LogP contribution >= 0.6 is 0 Å².